The summed E-state index contributed by atoms with van der Waals surface area (Å²) in [4.78, 5) is 23.7. The molecule has 1 atom stereocenters. The van der Waals surface area contributed by atoms with E-state index in [2.05, 4.69) is 5.32 Å². The van der Waals surface area contributed by atoms with Gasteiger partial charge >= 0.3 is 5.97 Å². The molecule has 0 aliphatic heterocycles. The summed E-state index contributed by atoms with van der Waals surface area (Å²) in [5.41, 5.74) is 1.41. The van der Waals surface area contributed by atoms with Crippen LogP contribution in [0.2, 0.25) is 0 Å². The number of carboxylic acid groups (broad SMARTS) is 1. The van der Waals surface area contributed by atoms with Crippen LogP contribution in [0.4, 0.5) is 0 Å². The van der Waals surface area contributed by atoms with Crippen molar-refractivity contribution in [3.8, 4) is 0 Å². The molecule has 5 heteroatoms. The SMILES string of the molecule is Cc1cccc(C2(C(=O)N[C@@H](CCO)C(=O)O)CCC2)c1. The second-order valence-electron chi connectivity index (χ2n) is 5.68. The Hall–Kier alpha value is -1.88. The molecule has 1 fully saturated rings. The van der Waals surface area contributed by atoms with Crippen LogP contribution in [0.1, 0.15) is 36.8 Å². The number of rotatable bonds is 6. The molecule has 3 N–H and O–H groups in total. The first-order chi connectivity index (χ1) is 9.99. The molecule has 0 heterocycles. The second kappa shape index (κ2) is 6.26. The number of benzene rings is 1. The van der Waals surface area contributed by atoms with E-state index in [1.165, 1.54) is 0 Å². The van der Waals surface area contributed by atoms with E-state index in [4.69, 9.17) is 10.2 Å². The highest BCUT2D eigenvalue weighted by Gasteiger charge is 2.46. The molecule has 1 aromatic carbocycles. The minimum Gasteiger partial charge on any atom is -0.480 e. The number of aliphatic hydroxyl groups is 1. The van der Waals surface area contributed by atoms with Crippen molar-refractivity contribution in [1.82, 2.24) is 5.32 Å². The average molecular weight is 291 g/mol. The lowest BCUT2D eigenvalue weighted by atomic mass is 9.63. The number of aryl methyl sites for hydroxylation is 1. The first kappa shape index (κ1) is 15.5. The van der Waals surface area contributed by atoms with Gasteiger partial charge in [-0.05, 0) is 25.3 Å². The number of aliphatic carboxylic acids is 1. The molecule has 1 aliphatic rings. The van der Waals surface area contributed by atoms with Gasteiger partial charge in [-0.25, -0.2) is 4.79 Å². The van der Waals surface area contributed by atoms with Crippen molar-refractivity contribution in [2.75, 3.05) is 6.61 Å². The van der Waals surface area contributed by atoms with Crippen molar-refractivity contribution in [2.45, 2.75) is 44.1 Å². The zero-order valence-corrected chi connectivity index (χ0v) is 12.1. The zero-order chi connectivity index (χ0) is 15.5. The van der Waals surface area contributed by atoms with Gasteiger partial charge in [0.05, 0.1) is 5.41 Å². The predicted molar refractivity (Wildman–Crippen MR) is 78.0 cm³/mol. The topological polar surface area (TPSA) is 86.6 Å². The smallest absolute Gasteiger partial charge is 0.326 e. The Labute approximate surface area is 124 Å². The van der Waals surface area contributed by atoms with Gasteiger partial charge < -0.3 is 15.5 Å². The van der Waals surface area contributed by atoms with Crippen molar-refractivity contribution >= 4 is 11.9 Å². The van der Waals surface area contributed by atoms with E-state index in [1.807, 2.05) is 31.2 Å². The molecular formula is C16H21NO4. The minimum atomic E-state index is -1.11. The molecule has 0 bridgehead atoms. The number of carboxylic acids is 1. The van der Waals surface area contributed by atoms with Gasteiger partial charge in [0.25, 0.3) is 0 Å². The van der Waals surface area contributed by atoms with Crippen LogP contribution >= 0.6 is 0 Å². The highest BCUT2D eigenvalue weighted by molar-refractivity contribution is 5.92. The van der Waals surface area contributed by atoms with Crippen molar-refractivity contribution in [1.29, 1.82) is 0 Å². The second-order valence-corrected chi connectivity index (χ2v) is 5.68. The fourth-order valence-electron chi connectivity index (χ4n) is 2.80. The summed E-state index contributed by atoms with van der Waals surface area (Å²) in [7, 11) is 0. The van der Waals surface area contributed by atoms with Crippen LogP contribution in [0.15, 0.2) is 24.3 Å². The summed E-state index contributed by atoms with van der Waals surface area (Å²) in [5.74, 6) is -1.36. The van der Waals surface area contributed by atoms with Crippen molar-refractivity contribution in [2.24, 2.45) is 0 Å². The van der Waals surface area contributed by atoms with E-state index in [1.54, 1.807) is 0 Å². The van der Waals surface area contributed by atoms with E-state index in [9.17, 15) is 9.59 Å². The van der Waals surface area contributed by atoms with Gasteiger partial charge in [0, 0.05) is 13.0 Å². The quantitative estimate of drug-likeness (QED) is 0.739. The lowest BCUT2D eigenvalue weighted by Gasteiger charge is -2.41. The average Bonchev–Trinajstić information content (AvgIpc) is 2.37. The lowest BCUT2D eigenvalue weighted by molar-refractivity contribution is -0.144. The normalized spacial score (nSPS) is 17.6. The maximum Gasteiger partial charge on any atom is 0.326 e. The third-order valence-electron chi connectivity index (χ3n) is 4.23. The number of carbonyl (C=O) groups excluding carboxylic acids is 1. The molecule has 1 saturated carbocycles. The molecule has 0 radical (unpaired) electrons. The fraction of sp³-hybridized carbons (Fsp3) is 0.500. The van der Waals surface area contributed by atoms with Crippen LogP contribution in [0.25, 0.3) is 0 Å². The largest absolute Gasteiger partial charge is 0.480 e. The van der Waals surface area contributed by atoms with Crippen LogP contribution in [0, 0.1) is 6.92 Å². The third-order valence-corrected chi connectivity index (χ3v) is 4.23. The molecule has 0 unspecified atom stereocenters. The number of hydrogen-bond acceptors (Lipinski definition) is 3. The maximum absolute atomic E-state index is 12.6. The summed E-state index contributed by atoms with van der Waals surface area (Å²) in [6.07, 6.45) is 2.44. The summed E-state index contributed by atoms with van der Waals surface area (Å²) < 4.78 is 0. The van der Waals surface area contributed by atoms with Gasteiger partial charge in [-0.3, -0.25) is 4.79 Å². The van der Waals surface area contributed by atoms with Crippen molar-refractivity contribution < 1.29 is 19.8 Å². The molecular weight excluding hydrogens is 270 g/mol. The monoisotopic (exact) mass is 291 g/mol. The van der Waals surface area contributed by atoms with Gasteiger partial charge in [0.15, 0.2) is 0 Å². The van der Waals surface area contributed by atoms with Crippen LogP contribution in [0.3, 0.4) is 0 Å². The van der Waals surface area contributed by atoms with E-state index < -0.39 is 17.4 Å². The molecule has 1 amide bonds. The van der Waals surface area contributed by atoms with Gasteiger partial charge in [-0.1, -0.05) is 36.2 Å². The van der Waals surface area contributed by atoms with Crippen molar-refractivity contribution in [3.63, 3.8) is 0 Å². The Balaban J connectivity index is 2.20. The minimum absolute atomic E-state index is 0.0188. The summed E-state index contributed by atoms with van der Waals surface area (Å²) in [6.45, 7) is 1.70. The number of hydrogen-bond donors (Lipinski definition) is 3. The molecule has 114 valence electrons. The lowest BCUT2D eigenvalue weighted by Crippen LogP contribution is -2.54. The Morgan fingerprint density at radius 3 is 2.57 bits per heavy atom. The first-order valence-electron chi connectivity index (χ1n) is 7.21. The summed E-state index contributed by atoms with van der Waals surface area (Å²) >= 11 is 0. The molecule has 1 aliphatic carbocycles. The van der Waals surface area contributed by atoms with E-state index in [0.717, 1.165) is 30.4 Å². The molecule has 1 aromatic rings. The Kier molecular flexibility index (Phi) is 4.63. The number of amides is 1. The highest BCUT2D eigenvalue weighted by atomic mass is 16.4. The Morgan fingerprint density at radius 1 is 1.38 bits per heavy atom. The molecule has 0 aromatic heterocycles. The molecule has 0 saturated heterocycles. The third kappa shape index (κ3) is 3.08. The zero-order valence-electron chi connectivity index (χ0n) is 12.1. The van der Waals surface area contributed by atoms with Crippen LogP contribution < -0.4 is 5.32 Å². The maximum atomic E-state index is 12.6. The van der Waals surface area contributed by atoms with Crippen LogP contribution in [0.5, 0.6) is 0 Å². The van der Waals surface area contributed by atoms with E-state index in [0.29, 0.717) is 0 Å². The number of carbonyl (C=O) groups is 2. The molecule has 2 rings (SSSR count). The van der Waals surface area contributed by atoms with E-state index in [-0.39, 0.29) is 18.9 Å². The standard InChI is InChI=1S/C16H21NO4/c1-11-4-2-5-12(10-11)16(7-3-8-16)15(21)17-13(6-9-18)14(19)20/h2,4-5,10,13,18H,3,6-9H2,1H3,(H,17,21)(H,19,20)/t13-/m0/s1. The summed E-state index contributed by atoms with van der Waals surface area (Å²) in [5, 5.41) is 20.6. The molecule has 5 nitrogen and oxygen atoms in total. The number of nitrogens with one attached hydrogen (secondary N) is 1. The van der Waals surface area contributed by atoms with Gasteiger partial charge in [-0.15, -0.1) is 0 Å². The first-order valence-corrected chi connectivity index (χ1v) is 7.21. The fourth-order valence-corrected chi connectivity index (χ4v) is 2.80. The molecule has 0 spiro atoms. The summed E-state index contributed by atoms with van der Waals surface area (Å²) in [6, 6.07) is 6.76. The van der Waals surface area contributed by atoms with E-state index >= 15 is 0 Å². The van der Waals surface area contributed by atoms with Gasteiger partial charge in [-0.2, -0.15) is 0 Å². The molecule has 21 heavy (non-hydrogen) atoms. The predicted octanol–water partition coefficient (Wildman–Crippen LogP) is 1.37. The van der Waals surface area contributed by atoms with Crippen LogP contribution in [-0.2, 0) is 15.0 Å². The van der Waals surface area contributed by atoms with Crippen molar-refractivity contribution in [3.05, 3.63) is 35.4 Å². The van der Waals surface area contributed by atoms with Crippen LogP contribution in [-0.4, -0.2) is 34.7 Å². The van der Waals surface area contributed by atoms with Gasteiger partial charge in [0.1, 0.15) is 6.04 Å². The highest BCUT2D eigenvalue weighted by Crippen LogP contribution is 2.44. The van der Waals surface area contributed by atoms with Gasteiger partial charge in [0.2, 0.25) is 5.91 Å². The number of aliphatic hydroxyl groups excluding tert-OH is 1. The Bertz CT molecular complexity index is 537. The Morgan fingerprint density at radius 2 is 2.10 bits per heavy atom.